The third-order valence-corrected chi connectivity index (χ3v) is 3.78. The lowest BCUT2D eigenvalue weighted by atomic mass is 10.2. The van der Waals surface area contributed by atoms with Gasteiger partial charge in [-0.2, -0.15) is 0 Å². The lowest BCUT2D eigenvalue weighted by Gasteiger charge is -2.02. The van der Waals surface area contributed by atoms with E-state index in [1.54, 1.807) is 18.2 Å². The Balaban J connectivity index is 2.18. The second-order valence-corrected chi connectivity index (χ2v) is 5.19. The van der Waals surface area contributed by atoms with Crippen LogP contribution in [0.2, 0.25) is 10.0 Å². The van der Waals surface area contributed by atoms with Gasteiger partial charge < -0.3 is 0 Å². The van der Waals surface area contributed by atoms with Crippen molar-refractivity contribution < 1.29 is 4.79 Å². The molecule has 4 heteroatoms. The topological polar surface area (TPSA) is 17.1 Å². The summed E-state index contributed by atoms with van der Waals surface area (Å²) in [6.45, 7) is 0. The number of hydrogen-bond donors (Lipinski definition) is 0. The highest BCUT2D eigenvalue weighted by molar-refractivity contribution is 8.14. The molecule has 0 fully saturated rings. The van der Waals surface area contributed by atoms with Gasteiger partial charge in [0.05, 0.1) is 10.0 Å². The third-order valence-electron chi connectivity index (χ3n) is 2.11. The Bertz CT molecular complexity index is 540. The van der Waals surface area contributed by atoms with E-state index in [2.05, 4.69) is 0 Å². The van der Waals surface area contributed by atoms with Gasteiger partial charge in [-0.15, -0.1) is 0 Å². The van der Waals surface area contributed by atoms with Crippen molar-refractivity contribution in [2.45, 2.75) is 4.90 Å². The summed E-state index contributed by atoms with van der Waals surface area (Å²) in [5.74, 6) is 0. The Labute approximate surface area is 114 Å². The summed E-state index contributed by atoms with van der Waals surface area (Å²) in [6.07, 6.45) is 0. The lowest BCUT2D eigenvalue weighted by Crippen LogP contribution is -1.92. The SMILES string of the molecule is O=C(Sc1ccccc1)c1ccc(Cl)c(Cl)c1. The van der Waals surface area contributed by atoms with E-state index < -0.39 is 0 Å². The molecule has 17 heavy (non-hydrogen) atoms. The molecule has 0 spiro atoms. The quantitative estimate of drug-likeness (QED) is 0.727. The molecule has 0 aromatic heterocycles. The zero-order valence-corrected chi connectivity index (χ0v) is 11.0. The molecule has 2 aromatic carbocycles. The van der Waals surface area contributed by atoms with Crippen molar-refractivity contribution in [1.29, 1.82) is 0 Å². The second kappa shape index (κ2) is 5.58. The molecule has 2 rings (SSSR count). The zero-order valence-electron chi connectivity index (χ0n) is 8.69. The van der Waals surface area contributed by atoms with Crippen LogP contribution in [0.3, 0.4) is 0 Å². The Morgan fingerprint density at radius 2 is 1.65 bits per heavy atom. The van der Waals surface area contributed by atoms with Crippen molar-refractivity contribution >= 4 is 40.1 Å². The van der Waals surface area contributed by atoms with Gasteiger partial charge in [0.2, 0.25) is 5.12 Å². The maximum atomic E-state index is 11.9. The highest BCUT2D eigenvalue weighted by Gasteiger charge is 2.09. The zero-order chi connectivity index (χ0) is 12.3. The Hall–Kier alpha value is -0.960. The van der Waals surface area contributed by atoms with Gasteiger partial charge in [-0.05, 0) is 42.1 Å². The maximum Gasteiger partial charge on any atom is 0.224 e. The summed E-state index contributed by atoms with van der Waals surface area (Å²) in [4.78, 5) is 12.8. The number of benzene rings is 2. The number of carbonyl (C=O) groups is 1. The van der Waals surface area contributed by atoms with Crippen LogP contribution in [0.5, 0.6) is 0 Å². The number of rotatable bonds is 2. The fraction of sp³-hybridized carbons (Fsp3) is 0. The van der Waals surface area contributed by atoms with Crippen LogP contribution < -0.4 is 0 Å². The monoisotopic (exact) mass is 282 g/mol. The molecule has 0 saturated heterocycles. The van der Waals surface area contributed by atoms with Crippen LogP contribution in [-0.2, 0) is 0 Å². The highest BCUT2D eigenvalue weighted by Crippen LogP contribution is 2.27. The number of carbonyl (C=O) groups excluding carboxylic acids is 1. The van der Waals surface area contributed by atoms with Crippen LogP contribution in [0, 0.1) is 0 Å². The normalized spacial score (nSPS) is 10.2. The molecule has 0 unspecified atom stereocenters. The van der Waals surface area contributed by atoms with E-state index in [1.165, 1.54) is 11.8 Å². The van der Waals surface area contributed by atoms with Gasteiger partial charge in [0.15, 0.2) is 0 Å². The van der Waals surface area contributed by atoms with Crippen LogP contribution in [0.4, 0.5) is 0 Å². The van der Waals surface area contributed by atoms with Gasteiger partial charge >= 0.3 is 0 Å². The van der Waals surface area contributed by atoms with Crippen LogP contribution in [0.15, 0.2) is 53.4 Å². The van der Waals surface area contributed by atoms with Crippen molar-refractivity contribution in [1.82, 2.24) is 0 Å². The van der Waals surface area contributed by atoms with Gasteiger partial charge in [-0.1, -0.05) is 41.4 Å². The fourth-order valence-corrected chi connectivity index (χ4v) is 2.33. The van der Waals surface area contributed by atoms with Gasteiger partial charge in [-0.25, -0.2) is 0 Å². The number of thioether (sulfide) groups is 1. The first-order valence-electron chi connectivity index (χ1n) is 4.89. The highest BCUT2D eigenvalue weighted by atomic mass is 35.5. The largest absolute Gasteiger partial charge is 0.281 e. The van der Waals surface area contributed by atoms with Gasteiger partial charge in [0, 0.05) is 10.5 Å². The minimum Gasteiger partial charge on any atom is -0.281 e. The van der Waals surface area contributed by atoms with Crippen molar-refractivity contribution in [3.8, 4) is 0 Å². The molecular formula is C13H8Cl2OS. The van der Waals surface area contributed by atoms with Crippen LogP contribution >= 0.6 is 35.0 Å². The van der Waals surface area contributed by atoms with Gasteiger partial charge in [0.1, 0.15) is 0 Å². The van der Waals surface area contributed by atoms with Crippen molar-refractivity contribution in [2.24, 2.45) is 0 Å². The molecule has 0 saturated carbocycles. The van der Waals surface area contributed by atoms with E-state index in [0.717, 1.165) is 4.90 Å². The second-order valence-electron chi connectivity index (χ2n) is 3.33. The Morgan fingerprint density at radius 1 is 0.941 bits per heavy atom. The smallest absolute Gasteiger partial charge is 0.224 e. The van der Waals surface area contributed by atoms with Crippen molar-refractivity contribution in [3.63, 3.8) is 0 Å². The average molecular weight is 283 g/mol. The first-order valence-corrected chi connectivity index (χ1v) is 6.46. The summed E-state index contributed by atoms with van der Waals surface area (Å²) < 4.78 is 0. The molecule has 0 atom stereocenters. The maximum absolute atomic E-state index is 11.9. The summed E-state index contributed by atoms with van der Waals surface area (Å²) in [6, 6.07) is 14.4. The van der Waals surface area contributed by atoms with Crippen molar-refractivity contribution in [3.05, 3.63) is 64.1 Å². The predicted molar refractivity (Wildman–Crippen MR) is 73.1 cm³/mol. The summed E-state index contributed by atoms with van der Waals surface area (Å²) in [5, 5.41) is 0.800. The molecule has 1 nitrogen and oxygen atoms in total. The first kappa shape index (κ1) is 12.5. The summed E-state index contributed by atoms with van der Waals surface area (Å²) in [5.41, 5.74) is 0.549. The summed E-state index contributed by atoms with van der Waals surface area (Å²) in [7, 11) is 0. The minimum atomic E-state index is -0.0465. The Kier molecular flexibility index (Phi) is 4.11. The summed E-state index contributed by atoms with van der Waals surface area (Å²) >= 11 is 12.8. The molecular weight excluding hydrogens is 275 g/mol. The van der Waals surface area contributed by atoms with E-state index in [-0.39, 0.29) is 5.12 Å². The van der Waals surface area contributed by atoms with Gasteiger partial charge in [0.25, 0.3) is 0 Å². The molecule has 0 N–H and O–H groups in total. The van der Waals surface area contributed by atoms with Crippen LogP contribution in [-0.4, -0.2) is 5.12 Å². The van der Waals surface area contributed by atoms with E-state index in [1.807, 2.05) is 30.3 Å². The minimum absolute atomic E-state index is 0.0465. The van der Waals surface area contributed by atoms with E-state index in [9.17, 15) is 4.79 Å². The van der Waals surface area contributed by atoms with Crippen LogP contribution in [0.1, 0.15) is 10.4 Å². The van der Waals surface area contributed by atoms with E-state index in [4.69, 9.17) is 23.2 Å². The molecule has 0 bridgehead atoms. The average Bonchev–Trinajstić information content (AvgIpc) is 2.34. The van der Waals surface area contributed by atoms with Crippen molar-refractivity contribution in [2.75, 3.05) is 0 Å². The molecule has 0 aliphatic heterocycles. The van der Waals surface area contributed by atoms with E-state index in [0.29, 0.717) is 15.6 Å². The standard InChI is InChI=1S/C13H8Cl2OS/c14-11-7-6-9(8-12(11)15)13(16)17-10-4-2-1-3-5-10/h1-8H. The number of halogens is 2. The third kappa shape index (κ3) is 3.25. The van der Waals surface area contributed by atoms with E-state index >= 15 is 0 Å². The molecule has 86 valence electrons. The number of hydrogen-bond acceptors (Lipinski definition) is 2. The molecule has 0 radical (unpaired) electrons. The molecule has 2 aromatic rings. The molecule has 0 aliphatic rings. The molecule has 0 aliphatic carbocycles. The predicted octanol–water partition coefficient (Wildman–Crippen LogP) is 4.93. The molecule has 0 heterocycles. The van der Waals surface area contributed by atoms with Crippen LogP contribution in [0.25, 0.3) is 0 Å². The first-order chi connectivity index (χ1) is 8.16. The Morgan fingerprint density at radius 3 is 2.29 bits per heavy atom. The lowest BCUT2D eigenvalue weighted by molar-refractivity contribution is 0.108. The van der Waals surface area contributed by atoms with Gasteiger partial charge in [-0.3, -0.25) is 4.79 Å². The fourth-order valence-electron chi connectivity index (χ4n) is 1.28. The molecule has 0 amide bonds.